The predicted octanol–water partition coefficient (Wildman–Crippen LogP) is 0.291. The fraction of sp³-hybridized carbons (Fsp3) is 0.923. The molecule has 0 bridgehead atoms. The van der Waals surface area contributed by atoms with E-state index < -0.39 is 0 Å². The maximum Gasteiger partial charge on any atom is 0.222 e. The number of fused-ring (bicyclic) bond motifs is 1. The number of piperidine rings is 1. The van der Waals surface area contributed by atoms with Crippen LogP contribution in [0.15, 0.2) is 0 Å². The summed E-state index contributed by atoms with van der Waals surface area (Å²) >= 11 is 0. The van der Waals surface area contributed by atoms with Gasteiger partial charge in [0.2, 0.25) is 5.91 Å². The zero-order chi connectivity index (χ0) is 11.8. The molecular formula is C13H23N3O. The fourth-order valence-corrected chi connectivity index (χ4v) is 3.65. The minimum atomic E-state index is 0.379. The number of hydrogen-bond acceptors (Lipinski definition) is 3. The molecule has 3 unspecified atom stereocenters. The van der Waals surface area contributed by atoms with Crippen LogP contribution in [-0.2, 0) is 4.79 Å². The van der Waals surface area contributed by atoms with Crippen LogP contribution in [0.2, 0.25) is 0 Å². The van der Waals surface area contributed by atoms with E-state index in [0.29, 0.717) is 18.0 Å². The van der Waals surface area contributed by atoms with Gasteiger partial charge in [-0.15, -0.1) is 0 Å². The maximum absolute atomic E-state index is 11.7. The summed E-state index contributed by atoms with van der Waals surface area (Å²) in [5.74, 6) is 1.17. The zero-order valence-electron chi connectivity index (χ0n) is 10.7. The lowest BCUT2D eigenvalue weighted by molar-refractivity contribution is -0.131. The van der Waals surface area contributed by atoms with Gasteiger partial charge in [0.05, 0.1) is 0 Å². The van der Waals surface area contributed by atoms with Gasteiger partial charge >= 0.3 is 0 Å². The number of nitrogens with one attached hydrogen (secondary N) is 1. The standard InChI is InChI=1S/C13H23N3O/c1-10-4-5-14-8-12(10)15-6-7-16-11(9-15)2-3-13(16)17/h10-12,14H,2-9H2,1H3. The van der Waals surface area contributed by atoms with Crippen LogP contribution in [0.4, 0.5) is 0 Å². The summed E-state index contributed by atoms with van der Waals surface area (Å²) in [5, 5.41) is 3.51. The van der Waals surface area contributed by atoms with Gasteiger partial charge in [-0.3, -0.25) is 9.69 Å². The molecule has 4 heteroatoms. The highest BCUT2D eigenvalue weighted by Crippen LogP contribution is 2.26. The van der Waals surface area contributed by atoms with Gasteiger partial charge in [-0.2, -0.15) is 0 Å². The largest absolute Gasteiger partial charge is 0.337 e. The third-order valence-electron chi connectivity index (χ3n) is 4.78. The highest BCUT2D eigenvalue weighted by Gasteiger charge is 2.38. The molecule has 0 aliphatic carbocycles. The van der Waals surface area contributed by atoms with E-state index >= 15 is 0 Å². The molecule has 0 aromatic carbocycles. The van der Waals surface area contributed by atoms with Crippen molar-refractivity contribution in [1.82, 2.24) is 15.1 Å². The van der Waals surface area contributed by atoms with Gasteiger partial charge in [0.25, 0.3) is 0 Å². The van der Waals surface area contributed by atoms with Crippen molar-refractivity contribution < 1.29 is 4.79 Å². The number of carbonyl (C=O) groups excluding carboxylic acids is 1. The van der Waals surface area contributed by atoms with E-state index in [1.165, 1.54) is 13.0 Å². The van der Waals surface area contributed by atoms with Crippen molar-refractivity contribution in [3.63, 3.8) is 0 Å². The molecule has 3 rings (SSSR count). The summed E-state index contributed by atoms with van der Waals surface area (Å²) in [5.41, 5.74) is 0. The number of nitrogens with zero attached hydrogens (tertiary/aromatic N) is 2. The van der Waals surface area contributed by atoms with Gasteiger partial charge in [-0.25, -0.2) is 0 Å². The molecule has 0 spiro atoms. The molecule has 3 aliphatic rings. The van der Waals surface area contributed by atoms with Gasteiger partial charge in [-0.1, -0.05) is 6.92 Å². The van der Waals surface area contributed by atoms with Gasteiger partial charge in [0.1, 0.15) is 0 Å². The van der Waals surface area contributed by atoms with Gasteiger partial charge in [0.15, 0.2) is 0 Å². The number of amides is 1. The Morgan fingerprint density at radius 3 is 3.00 bits per heavy atom. The van der Waals surface area contributed by atoms with Crippen molar-refractivity contribution in [2.24, 2.45) is 5.92 Å². The molecule has 96 valence electrons. The molecule has 3 heterocycles. The van der Waals surface area contributed by atoms with Crippen LogP contribution in [0.5, 0.6) is 0 Å². The molecule has 3 saturated heterocycles. The van der Waals surface area contributed by atoms with E-state index in [1.54, 1.807) is 0 Å². The Kier molecular flexibility index (Phi) is 3.09. The molecule has 1 amide bonds. The Morgan fingerprint density at radius 1 is 1.29 bits per heavy atom. The average Bonchev–Trinajstić information content (AvgIpc) is 2.71. The lowest BCUT2D eigenvalue weighted by atomic mass is 9.92. The van der Waals surface area contributed by atoms with Crippen LogP contribution in [0.1, 0.15) is 26.2 Å². The minimum Gasteiger partial charge on any atom is -0.337 e. The van der Waals surface area contributed by atoms with Crippen LogP contribution < -0.4 is 5.32 Å². The highest BCUT2D eigenvalue weighted by molar-refractivity contribution is 5.78. The summed E-state index contributed by atoms with van der Waals surface area (Å²) in [4.78, 5) is 16.4. The molecule has 3 atom stereocenters. The van der Waals surface area contributed by atoms with Crippen molar-refractivity contribution in [2.75, 3.05) is 32.7 Å². The maximum atomic E-state index is 11.7. The van der Waals surface area contributed by atoms with E-state index in [2.05, 4.69) is 22.0 Å². The Bertz CT molecular complexity index is 307. The Hall–Kier alpha value is -0.610. The van der Waals surface area contributed by atoms with E-state index in [1.807, 2.05) is 0 Å². The molecular weight excluding hydrogens is 214 g/mol. The van der Waals surface area contributed by atoms with E-state index in [-0.39, 0.29) is 0 Å². The first-order valence-corrected chi connectivity index (χ1v) is 7.00. The molecule has 3 aliphatic heterocycles. The lowest BCUT2D eigenvalue weighted by Crippen LogP contribution is -2.59. The van der Waals surface area contributed by atoms with Crippen LogP contribution in [-0.4, -0.2) is 60.5 Å². The minimum absolute atomic E-state index is 0.379. The SMILES string of the molecule is CC1CCNCC1N1CCN2C(=O)CCC2C1. The molecule has 0 radical (unpaired) electrons. The fourth-order valence-electron chi connectivity index (χ4n) is 3.65. The van der Waals surface area contributed by atoms with Crippen molar-refractivity contribution in [3.8, 4) is 0 Å². The zero-order valence-corrected chi connectivity index (χ0v) is 10.7. The summed E-state index contributed by atoms with van der Waals surface area (Å²) in [6.07, 6.45) is 3.13. The normalized spacial score (nSPS) is 39.5. The summed E-state index contributed by atoms with van der Waals surface area (Å²) < 4.78 is 0. The second-order valence-corrected chi connectivity index (χ2v) is 5.81. The molecule has 3 fully saturated rings. The summed E-state index contributed by atoms with van der Waals surface area (Å²) in [7, 11) is 0. The van der Waals surface area contributed by atoms with Gasteiger partial charge in [-0.05, 0) is 25.3 Å². The van der Waals surface area contributed by atoms with Gasteiger partial charge in [0, 0.05) is 44.7 Å². The number of rotatable bonds is 1. The first-order chi connectivity index (χ1) is 8.25. The molecule has 0 saturated carbocycles. The predicted molar refractivity (Wildman–Crippen MR) is 66.7 cm³/mol. The topological polar surface area (TPSA) is 35.6 Å². The van der Waals surface area contributed by atoms with Crippen LogP contribution in [0, 0.1) is 5.92 Å². The van der Waals surface area contributed by atoms with Crippen LogP contribution >= 0.6 is 0 Å². The molecule has 17 heavy (non-hydrogen) atoms. The quantitative estimate of drug-likeness (QED) is 0.712. The van der Waals surface area contributed by atoms with Crippen LogP contribution in [0.3, 0.4) is 0 Å². The lowest BCUT2D eigenvalue weighted by Gasteiger charge is -2.45. The molecule has 1 N–H and O–H groups in total. The van der Waals surface area contributed by atoms with Crippen LogP contribution in [0.25, 0.3) is 0 Å². The van der Waals surface area contributed by atoms with E-state index in [4.69, 9.17) is 0 Å². The van der Waals surface area contributed by atoms with E-state index in [9.17, 15) is 4.79 Å². The summed E-state index contributed by atoms with van der Waals surface area (Å²) in [6, 6.07) is 1.19. The molecule has 0 aromatic rings. The average molecular weight is 237 g/mol. The van der Waals surface area contributed by atoms with Crippen molar-refractivity contribution in [3.05, 3.63) is 0 Å². The smallest absolute Gasteiger partial charge is 0.222 e. The number of carbonyl (C=O) groups is 1. The second kappa shape index (κ2) is 4.58. The first kappa shape index (κ1) is 11.5. The Labute approximate surface area is 103 Å². The third-order valence-corrected chi connectivity index (χ3v) is 4.78. The molecule has 0 aromatic heterocycles. The number of hydrogen-bond donors (Lipinski definition) is 1. The molecule has 4 nitrogen and oxygen atoms in total. The van der Waals surface area contributed by atoms with Crippen molar-refractivity contribution >= 4 is 5.91 Å². The monoisotopic (exact) mass is 237 g/mol. The third kappa shape index (κ3) is 2.08. The summed E-state index contributed by atoms with van der Waals surface area (Å²) in [6.45, 7) is 7.78. The Morgan fingerprint density at radius 2 is 2.18 bits per heavy atom. The Balaban J connectivity index is 1.64. The number of piperazine rings is 1. The van der Waals surface area contributed by atoms with Gasteiger partial charge < -0.3 is 10.2 Å². The van der Waals surface area contributed by atoms with Crippen molar-refractivity contribution in [2.45, 2.75) is 38.3 Å². The highest BCUT2D eigenvalue weighted by atomic mass is 16.2. The van der Waals surface area contributed by atoms with Crippen molar-refractivity contribution in [1.29, 1.82) is 0 Å². The first-order valence-electron chi connectivity index (χ1n) is 7.00. The van der Waals surface area contributed by atoms with E-state index in [0.717, 1.165) is 44.9 Å². The second-order valence-electron chi connectivity index (χ2n) is 5.81.